The number of nitrogens with zero attached hydrogens (tertiary/aromatic N) is 2. The van der Waals surface area contributed by atoms with Crippen LogP contribution >= 0.6 is 0 Å². The summed E-state index contributed by atoms with van der Waals surface area (Å²) >= 11 is 0. The Morgan fingerprint density at radius 3 is 2.34 bits per heavy atom. The Morgan fingerprint density at radius 1 is 1.07 bits per heavy atom. The molecule has 1 N–H and O–H groups in total. The summed E-state index contributed by atoms with van der Waals surface area (Å²) in [5.74, 6) is 0.903. The summed E-state index contributed by atoms with van der Waals surface area (Å²) in [5.41, 5.74) is 3.41. The van der Waals surface area contributed by atoms with Crippen molar-refractivity contribution in [2.24, 2.45) is 5.92 Å². The fraction of sp³-hybridized carbons (Fsp3) is 0.480. The molecule has 1 aliphatic heterocycles. The molecular formula is C25H35N3O. The molecule has 1 saturated heterocycles. The van der Waals surface area contributed by atoms with Crippen molar-refractivity contribution in [2.45, 2.75) is 52.6 Å². The number of hydrogen-bond acceptors (Lipinski definition) is 3. The molecule has 1 amide bonds. The monoisotopic (exact) mass is 393 g/mol. The van der Waals surface area contributed by atoms with E-state index in [0.29, 0.717) is 12.5 Å². The molecule has 1 heterocycles. The predicted octanol–water partition coefficient (Wildman–Crippen LogP) is 5.16. The molecule has 0 aromatic heterocycles. The van der Waals surface area contributed by atoms with Gasteiger partial charge in [0.1, 0.15) is 0 Å². The van der Waals surface area contributed by atoms with Gasteiger partial charge in [-0.25, -0.2) is 0 Å². The summed E-state index contributed by atoms with van der Waals surface area (Å²) in [6.45, 7) is 10.6. The standard InChI is InChI=1S/C25H35N3O/c1-20(2)28(19-22-7-5-4-6-8-22)18-15-25(29)26-23-9-11-24(12-10-23)27-16-13-21(3)14-17-27/h4-12,20-21H,13-19H2,1-3H3,(H,26,29). The lowest BCUT2D eigenvalue weighted by molar-refractivity contribution is -0.116. The van der Waals surface area contributed by atoms with Crippen LogP contribution in [-0.2, 0) is 11.3 Å². The second-order valence-corrected chi connectivity index (χ2v) is 8.56. The third-order valence-electron chi connectivity index (χ3n) is 5.88. The van der Waals surface area contributed by atoms with Crippen LogP contribution in [0, 0.1) is 5.92 Å². The summed E-state index contributed by atoms with van der Waals surface area (Å²) in [7, 11) is 0. The molecule has 0 saturated carbocycles. The zero-order valence-electron chi connectivity index (χ0n) is 18.1. The maximum atomic E-state index is 12.5. The van der Waals surface area contributed by atoms with Crippen LogP contribution in [0.25, 0.3) is 0 Å². The zero-order chi connectivity index (χ0) is 20.6. The van der Waals surface area contributed by atoms with E-state index in [1.807, 2.05) is 18.2 Å². The smallest absolute Gasteiger partial charge is 0.225 e. The molecule has 0 atom stereocenters. The number of anilines is 2. The van der Waals surface area contributed by atoms with Gasteiger partial charge in [-0.1, -0.05) is 37.3 Å². The van der Waals surface area contributed by atoms with E-state index >= 15 is 0 Å². The summed E-state index contributed by atoms with van der Waals surface area (Å²) in [5, 5.41) is 3.05. The molecule has 0 aliphatic carbocycles. The van der Waals surface area contributed by atoms with Crippen molar-refractivity contribution >= 4 is 17.3 Å². The molecule has 2 aromatic carbocycles. The fourth-order valence-electron chi connectivity index (χ4n) is 3.83. The first-order valence-electron chi connectivity index (χ1n) is 10.9. The molecule has 156 valence electrons. The van der Waals surface area contributed by atoms with E-state index in [0.717, 1.165) is 37.8 Å². The lowest BCUT2D eigenvalue weighted by atomic mass is 9.99. The lowest BCUT2D eigenvalue weighted by Crippen LogP contribution is -2.33. The first-order chi connectivity index (χ1) is 14.0. The van der Waals surface area contributed by atoms with Crippen LogP contribution in [0.1, 0.15) is 45.6 Å². The number of carbonyl (C=O) groups excluding carboxylic acids is 1. The average molecular weight is 394 g/mol. The highest BCUT2D eigenvalue weighted by molar-refractivity contribution is 5.91. The van der Waals surface area contributed by atoms with Gasteiger partial charge in [-0.2, -0.15) is 0 Å². The molecule has 4 nitrogen and oxygen atoms in total. The van der Waals surface area contributed by atoms with Crippen molar-refractivity contribution in [3.05, 3.63) is 60.2 Å². The lowest BCUT2D eigenvalue weighted by Gasteiger charge is -2.32. The number of rotatable bonds is 8. The Labute approximate surface area is 175 Å². The zero-order valence-corrected chi connectivity index (χ0v) is 18.1. The van der Waals surface area contributed by atoms with Crippen LogP contribution in [0.5, 0.6) is 0 Å². The Balaban J connectivity index is 1.48. The van der Waals surface area contributed by atoms with Crippen molar-refractivity contribution in [1.29, 1.82) is 0 Å². The molecule has 2 aromatic rings. The summed E-state index contributed by atoms with van der Waals surface area (Å²) in [6, 6.07) is 19.1. The second-order valence-electron chi connectivity index (χ2n) is 8.56. The summed E-state index contributed by atoms with van der Waals surface area (Å²) in [4.78, 5) is 17.2. The van der Waals surface area contributed by atoms with E-state index in [-0.39, 0.29) is 5.91 Å². The summed E-state index contributed by atoms with van der Waals surface area (Å²) < 4.78 is 0. The van der Waals surface area contributed by atoms with Gasteiger partial charge in [-0.3, -0.25) is 9.69 Å². The highest BCUT2D eigenvalue weighted by atomic mass is 16.1. The van der Waals surface area contributed by atoms with E-state index in [2.05, 4.69) is 72.3 Å². The van der Waals surface area contributed by atoms with E-state index in [1.54, 1.807) is 0 Å². The van der Waals surface area contributed by atoms with Crippen LogP contribution in [0.15, 0.2) is 54.6 Å². The van der Waals surface area contributed by atoms with E-state index in [1.165, 1.54) is 24.1 Å². The van der Waals surface area contributed by atoms with Gasteiger partial charge in [0, 0.05) is 50.0 Å². The molecular weight excluding hydrogens is 358 g/mol. The van der Waals surface area contributed by atoms with Gasteiger partial charge in [0.15, 0.2) is 0 Å². The third-order valence-corrected chi connectivity index (χ3v) is 5.88. The van der Waals surface area contributed by atoms with Crippen molar-refractivity contribution in [2.75, 3.05) is 29.9 Å². The van der Waals surface area contributed by atoms with Crippen LogP contribution in [0.3, 0.4) is 0 Å². The molecule has 29 heavy (non-hydrogen) atoms. The Morgan fingerprint density at radius 2 is 1.72 bits per heavy atom. The molecule has 0 unspecified atom stereocenters. The Bertz CT molecular complexity index is 749. The van der Waals surface area contributed by atoms with Crippen molar-refractivity contribution in [3.8, 4) is 0 Å². The fourth-order valence-corrected chi connectivity index (χ4v) is 3.83. The van der Waals surface area contributed by atoms with Gasteiger partial charge in [-0.05, 0) is 62.4 Å². The molecule has 0 spiro atoms. The van der Waals surface area contributed by atoms with Gasteiger partial charge in [0.05, 0.1) is 0 Å². The first-order valence-corrected chi connectivity index (χ1v) is 10.9. The number of piperidine rings is 1. The van der Waals surface area contributed by atoms with Crippen molar-refractivity contribution in [3.63, 3.8) is 0 Å². The van der Waals surface area contributed by atoms with Gasteiger partial charge in [0.2, 0.25) is 5.91 Å². The molecule has 0 radical (unpaired) electrons. The molecule has 1 aliphatic rings. The largest absolute Gasteiger partial charge is 0.372 e. The summed E-state index contributed by atoms with van der Waals surface area (Å²) in [6.07, 6.45) is 3.01. The van der Waals surface area contributed by atoms with Crippen LogP contribution in [-0.4, -0.2) is 36.5 Å². The van der Waals surface area contributed by atoms with Gasteiger partial charge < -0.3 is 10.2 Å². The molecule has 3 rings (SSSR count). The second kappa shape index (κ2) is 10.4. The molecule has 1 fully saturated rings. The van der Waals surface area contributed by atoms with E-state index in [4.69, 9.17) is 0 Å². The van der Waals surface area contributed by atoms with Gasteiger partial charge >= 0.3 is 0 Å². The van der Waals surface area contributed by atoms with E-state index < -0.39 is 0 Å². The Kier molecular flexibility index (Phi) is 7.70. The molecule has 0 bridgehead atoms. The highest BCUT2D eigenvalue weighted by Gasteiger charge is 2.16. The van der Waals surface area contributed by atoms with Crippen LogP contribution in [0.2, 0.25) is 0 Å². The minimum atomic E-state index is 0.0725. The Hall–Kier alpha value is -2.33. The number of amides is 1. The SMILES string of the molecule is CC1CCN(c2ccc(NC(=O)CCN(Cc3ccccc3)C(C)C)cc2)CC1. The van der Waals surface area contributed by atoms with E-state index in [9.17, 15) is 4.79 Å². The number of nitrogens with one attached hydrogen (secondary N) is 1. The van der Waals surface area contributed by atoms with Crippen molar-refractivity contribution in [1.82, 2.24) is 4.90 Å². The normalized spacial score (nSPS) is 15.1. The highest BCUT2D eigenvalue weighted by Crippen LogP contribution is 2.24. The number of carbonyl (C=O) groups is 1. The minimum absolute atomic E-state index is 0.0725. The van der Waals surface area contributed by atoms with Crippen molar-refractivity contribution < 1.29 is 4.79 Å². The van der Waals surface area contributed by atoms with Gasteiger partial charge in [0.25, 0.3) is 0 Å². The van der Waals surface area contributed by atoms with Crippen LogP contribution < -0.4 is 10.2 Å². The molecule has 4 heteroatoms. The van der Waals surface area contributed by atoms with Gasteiger partial charge in [-0.15, -0.1) is 0 Å². The maximum absolute atomic E-state index is 12.5. The predicted molar refractivity (Wildman–Crippen MR) is 122 cm³/mol. The maximum Gasteiger partial charge on any atom is 0.225 e. The van der Waals surface area contributed by atoms with Crippen LogP contribution in [0.4, 0.5) is 11.4 Å². The third kappa shape index (κ3) is 6.60. The first kappa shape index (κ1) is 21.4. The quantitative estimate of drug-likeness (QED) is 0.673. The topological polar surface area (TPSA) is 35.6 Å². The minimum Gasteiger partial charge on any atom is -0.372 e. The number of hydrogen-bond donors (Lipinski definition) is 1. The average Bonchev–Trinajstić information content (AvgIpc) is 2.73. The number of benzene rings is 2.